The molecule has 0 saturated heterocycles. The molecule has 0 aliphatic carbocycles. The Morgan fingerprint density at radius 1 is 0.707 bits per heavy atom. The summed E-state index contributed by atoms with van der Waals surface area (Å²) in [6.45, 7) is 18.3. The predicted molar refractivity (Wildman–Crippen MR) is 172 cm³/mol. The van der Waals surface area contributed by atoms with E-state index in [1.807, 2.05) is 0 Å². The first-order valence-electron chi connectivity index (χ1n) is 14.7. The molecule has 41 heavy (non-hydrogen) atoms. The zero-order valence-corrected chi connectivity index (χ0v) is 26.1. The Morgan fingerprint density at radius 2 is 1.34 bits per heavy atom. The fraction of sp³-hybridized carbons (Fsp3) is 0.289. The molecule has 2 nitrogen and oxygen atoms in total. The third-order valence-corrected chi connectivity index (χ3v) is 8.59. The summed E-state index contributed by atoms with van der Waals surface area (Å²) in [7, 11) is 0. The minimum absolute atomic E-state index is 0. The smallest absolute Gasteiger partial charge is 0.333 e. The molecule has 0 radical (unpaired) electrons. The molecule has 6 rings (SSSR count). The van der Waals surface area contributed by atoms with Crippen molar-refractivity contribution in [2.24, 2.45) is 0 Å². The van der Waals surface area contributed by atoms with Crippen molar-refractivity contribution >= 4 is 27.3 Å². The normalized spacial score (nSPS) is 11.9. The van der Waals surface area contributed by atoms with Crippen LogP contribution in [0, 0.1) is 19.9 Å². The van der Waals surface area contributed by atoms with Gasteiger partial charge in [0.1, 0.15) is 0 Å². The van der Waals surface area contributed by atoms with Gasteiger partial charge in [0.25, 0.3) is 0 Å². The molecule has 2 aromatic heterocycles. The summed E-state index contributed by atoms with van der Waals surface area (Å²) in [6.07, 6.45) is 2.09. The Labute approximate surface area is 257 Å². The van der Waals surface area contributed by atoms with Gasteiger partial charge in [0.15, 0.2) is 0 Å². The van der Waals surface area contributed by atoms with Gasteiger partial charge >= 0.3 is 18.9 Å². The molecule has 6 aromatic rings. The average Bonchev–Trinajstić information content (AvgIpc) is 3.39. The third-order valence-electron chi connectivity index (χ3n) is 8.59. The third kappa shape index (κ3) is 4.82. The molecule has 202 valence electrons. The van der Waals surface area contributed by atoms with Crippen LogP contribution in [0.15, 0.2) is 72.9 Å². The quantitative estimate of drug-likeness (QED) is 0.126. The summed E-state index contributed by atoms with van der Waals surface area (Å²) in [6, 6.07) is 28.2. The maximum absolute atomic E-state index is 5.12. The van der Waals surface area contributed by atoms with Crippen molar-refractivity contribution in [2.75, 3.05) is 0 Å². The van der Waals surface area contributed by atoms with Crippen LogP contribution in [-0.2, 0) is 0 Å². The second-order valence-corrected chi connectivity index (χ2v) is 12.3. The Bertz CT molecular complexity index is 1890. The van der Waals surface area contributed by atoms with Crippen LogP contribution in [0.4, 0.5) is 0 Å². The van der Waals surface area contributed by atoms with Gasteiger partial charge in [-0.1, -0.05) is 100 Å². The van der Waals surface area contributed by atoms with Crippen LogP contribution in [0.3, 0.4) is 0 Å². The largest absolute Gasteiger partial charge is 1.00 e. The van der Waals surface area contributed by atoms with Crippen LogP contribution in [0.25, 0.3) is 49.7 Å². The summed E-state index contributed by atoms with van der Waals surface area (Å²) in [5, 5.41) is 3.53. The number of hydrogen-bond donors (Lipinski definition) is 0. The van der Waals surface area contributed by atoms with Gasteiger partial charge in [0.05, 0.1) is 11.3 Å². The number of aryl methyl sites for hydroxylation is 2. The van der Waals surface area contributed by atoms with E-state index in [9.17, 15) is 0 Å². The fourth-order valence-electron chi connectivity index (χ4n) is 6.31. The number of fused-ring (bicyclic) bond motifs is 6. The molecular weight excluding hydrogens is 491 g/mol. The number of imidazole rings is 1. The van der Waals surface area contributed by atoms with E-state index in [1.54, 1.807) is 0 Å². The predicted octanol–water partition coefficient (Wildman–Crippen LogP) is 7.77. The zero-order chi connectivity index (χ0) is 28.3. The van der Waals surface area contributed by atoms with Gasteiger partial charge in [-0.2, -0.15) is 0 Å². The molecule has 0 fully saturated rings. The SMILES string of the molecule is Cc1cc2c3c(-c4ccccc4)cc[c-]c3c3ncc(-c4cc(C(C)C)c(C(C)C)cc4C(C)C)n3c2cc1C.[Li+]. The van der Waals surface area contributed by atoms with Crippen LogP contribution in [0.2, 0.25) is 0 Å². The number of nitrogens with zero attached hydrogens (tertiary/aromatic N) is 2. The van der Waals surface area contributed by atoms with Crippen LogP contribution in [0.5, 0.6) is 0 Å². The van der Waals surface area contributed by atoms with Crippen molar-refractivity contribution in [1.29, 1.82) is 0 Å². The first kappa shape index (κ1) is 29.2. The van der Waals surface area contributed by atoms with Gasteiger partial charge in [-0.25, -0.2) is 0 Å². The van der Waals surface area contributed by atoms with Crippen LogP contribution in [-0.4, -0.2) is 9.38 Å². The molecule has 0 unspecified atom stereocenters. The Hall–Kier alpha value is -3.31. The maximum Gasteiger partial charge on any atom is 1.00 e. The molecule has 0 spiro atoms. The van der Waals surface area contributed by atoms with Crippen molar-refractivity contribution < 1.29 is 18.9 Å². The van der Waals surface area contributed by atoms with E-state index in [0.29, 0.717) is 17.8 Å². The van der Waals surface area contributed by atoms with Gasteiger partial charge in [-0.15, -0.1) is 18.2 Å². The topological polar surface area (TPSA) is 17.3 Å². The Balaban J connectivity index is 0.00000337. The van der Waals surface area contributed by atoms with Crippen molar-refractivity contribution in [2.45, 2.75) is 73.1 Å². The molecular formula is C38H39LiN2. The maximum atomic E-state index is 5.12. The van der Waals surface area contributed by atoms with Gasteiger partial charge in [0.2, 0.25) is 0 Å². The van der Waals surface area contributed by atoms with Gasteiger partial charge in [-0.05, 0) is 82.5 Å². The number of pyridine rings is 1. The Morgan fingerprint density at radius 3 is 2.00 bits per heavy atom. The average molecular weight is 531 g/mol. The first-order valence-corrected chi connectivity index (χ1v) is 14.7. The monoisotopic (exact) mass is 530 g/mol. The summed E-state index contributed by atoms with van der Waals surface area (Å²) in [4.78, 5) is 5.12. The van der Waals surface area contributed by atoms with E-state index in [0.717, 1.165) is 16.7 Å². The van der Waals surface area contributed by atoms with Gasteiger partial charge in [0, 0.05) is 17.3 Å². The van der Waals surface area contributed by atoms with Crippen molar-refractivity contribution in [3.05, 3.63) is 107 Å². The molecule has 0 N–H and O–H groups in total. The van der Waals surface area contributed by atoms with Crippen LogP contribution >= 0.6 is 0 Å². The Kier molecular flexibility index (Phi) is 7.95. The molecule has 3 heteroatoms. The molecule has 0 atom stereocenters. The van der Waals surface area contributed by atoms with Crippen molar-refractivity contribution in [1.82, 2.24) is 9.38 Å². The molecule has 0 bridgehead atoms. The summed E-state index contributed by atoms with van der Waals surface area (Å²) in [5.74, 6) is 1.32. The van der Waals surface area contributed by atoms with E-state index in [1.165, 1.54) is 60.8 Å². The molecule has 0 amide bonds. The summed E-state index contributed by atoms with van der Waals surface area (Å²) >= 11 is 0. The standard InChI is InChI=1S/C38H39N2.Li/c1-22(2)30-19-32(24(5)6)33(20-31(30)23(3)4)36-21-39-38-29-16-12-15-28(27-13-10-9-11-14-27)37(29)34-17-25(7)26(8)18-35(34)40(36)38;/h9-15,17-24H,1-8H3;/q-1;+1. The second kappa shape index (κ2) is 11.2. The van der Waals surface area contributed by atoms with E-state index in [2.05, 4.69) is 139 Å². The molecule has 4 aromatic carbocycles. The van der Waals surface area contributed by atoms with Crippen LogP contribution in [0.1, 0.15) is 87.1 Å². The summed E-state index contributed by atoms with van der Waals surface area (Å²) in [5.41, 5.74) is 13.9. The molecule has 0 aliphatic heterocycles. The fourth-order valence-corrected chi connectivity index (χ4v) is 6.31. The number of benzene rings is 4. The number of rotatable bonds is 5. The van der Waals surface area contributed by atoms with Crippen LogP contribution < -0.4 is 18.9 Å². The van der Waals surface area contributed by atoms with E-state index < -0.39 is 0 Å². The van der Waals surface area contributed by atoms with E-state index in [-0.39, 0.29) is 18.9 Å². The second-order valence-electron chi connectivity index (χ2n) is 12.3. The minimum Gasteiger partial charge on any atom is -0.333 e. The first-order chi connectivity index (χ1) is 19.2. The molecule has 0 saturated carbocycles. The van der Waals surface area contributed by atoms with Crippen molar-refractivity contribution in [3.63, 3.8) is 0 Å². The van der Waals surface area contributed by atoms with Gasteiger partial charge in [-0.3, -0.25) is 4.98 Å². The molecule has 2 heterocycles. The van der Waals surface area contributed by atoms with Crippen molar-refractivity contribution in [3.8, 4) is 22.4 Å². The zero-order valence-electron chi connectivity index (χ0n) is 26.1. The van der Waals surface area contributed by atoms with E-state index in [4.69, 9.17) is 4.98 Å². The molecule has 0 aliphatic rings. The number of aromatic nitrogens is 2. The summed E-state index contributed by atoms with van der Waals surface area (Å²) < 4.78 is 2.40. The number of hydrogen-bond acceptors (Lipinski definition) is 1. The van der Waals surface area contributed by atoms with Gasteiger partial charge < -0.3 is 4.40 Å². The minimum atomic E-state index is 0. The van der Waals surface area contributed by atoms with E-state index >= 15 is 0 Å².